The molecule has 0 bridgehead atoms. The Kier molecular flexibility index (Phi) is 10.1. The van der Waals surface area contributed by atoms with Crippen LogP contribution in [0, 0.1) is 0 Å². The molecule has 2 fully saturated rings. The number of carbonyl (C=O) groups is 1. The standard InChI is InChI=1S/C32H35ClF3N6O8P/c1-30(45)25(43)24(49-28(30)42-15-12-22-26(41(2)37)38-18-39-27(22)42)17-48-51(46,50-21-10-8-20(33)9-11-21)40-31(13-5-14-31)29(44)47-16-19-6-3-4-7-23(19)32(34,35)36/h3-4,6-12,15,18,24-25,28,43,45H,5,13-14,16-17,37H2,1-2H3,(H,40,46)/t24?,25-,28?,30-,51?/m1/s1. The highest BCUT2D eigenvalue weighted by molar-refractivity contribution is 7.52. The lowest BCUT2D eigenvalue weighted by atomic mass is 9.78. The van der Waals surface area contributed by atoms with Gasteiger partial charge in [-0.25, -0.2) is 20.4 Å². The Morgan fingerprint density at radius 1 is 1.20 bits per heavy atom. The molecule has 1 saturated carbocycles. The summed E-state index contributed by atoms with van der Waals surface area (Å²) >= 11 is 6.00. The number of anilines is 1. The number of aromatic nitrogens is 3. The van der Waals surface area contributed by atoms with Crippen LogP contribution in [0.5, 0.6) is 5.75 Å². The minimum absolute atomic E-state index is 0.0362. The Bertz CT molecular complexity index is 1940. The molecule has 2 aromatic carbocycles. The van der Waals surface area contributed by atoms with Gasteiger partial charge in [0.05, 0.1) is 17.6 Å². The lowest BCUT2D eigenvalue weighted by molar-refractivity contribution is -0.157. The highest BCUT2D eigenvalue weighted by Crippen LogP contribution is 2.52. The molecule has 2 aromatic heterocycles. The van der Waals surface area contributed by atoms with E-state index in [0.717, 1.165) is 6.07 Å². The molecule has 274 valence electrons. The van der Waals surface area contributed by atoms with E-state index in [1.807, 2.05) is 0 Å². The van der Waals surface area contributed by atoms with E-state index in [2.05, 4.69) is 15.1 Å². The van der Waals surface area contributed by atoms with Gasteiger partial charge in [0.15, 0.2) is 12.0 Å². The molecule has 5 atom stereocenters. The highest BCUT2D eigenvalue weighted by Gasteiger charge is 2.55. The maximum absolute atomic E-state index is 14.5. The summed E-state index contributed by atoms with van der Waals surface area (Å²) in [5.74, 6) is 5.38. The molecule has 3 unspecified atom stereocenters. The van der Waals surface area contributed by atoms with E-state index in [-0.39, 0.29) is 24.2 Å². The van der Waals surface area contributed by atoms with Gasteiger partial charge in [0, 0.05) is 23.8 Å². The van der Waals surface area contributed by atoms with Gasteiger partial charge >= 0.3 is 19.9 Å². The second kappa shape index (κ2) is 14.0. The fourth-order valence-electron chi connectivity index (χ4n) is 6.05. The van der Waals surface area contributed by atoms with Gasteiger partial charge < -0.3 is 28.8 Å². The van der Waals surface area contributed by atoms with Crippen LogP contribution in [-0.2, 0) is 36.1 Å². The molecule has 3 heterocycles. The largest absolute Gasteiger partial charge is 0.459 e. The van der Waals surface area contributed by atoms with E-state index in [9.17, 15) is 32.7 Å². The molecule has 19 heteroatoms. The monoisotopic (exact) mass is 754 g/mol. The van der Waals surface area contributed by atoms with Crippen LogP contribution in [0.3, 0.4) is 0 Å². The Morgan fingerprint density at radius 2 is 1.90 bits per heavy atom. The molecule has 1 aliphatic heterocycles. The lowest BCUT2D eigenvalue weighted by Gasteiger charge is -2.41. The number of nitrogens with two attached hydrogens (primary N) is 1. The molecule has 0 radical (unpaired) electrons. The fraction of sp³-hybridized carbons (Fsp3) is 0.406. The van der Waals surface area contributed by atoms with Crippen molar-refractivity contribution in [2.24, 2.45) is 5.84 Å². The Morgan fingerprint density at radius 3 is 2.55 bits per heavy atom. The number of aliphatic hydroxyl groups is 2. The quantitative estimate of drug-likeness (QED) is 0.0665. The molecule has 51 heavy (non-hydrogen) atoms. The van der Waals surface area contributed by atoms with Crippen molar-refractivity contribution in [1.82, 2.24) is 19.6 Å². The maximum atomic E-state index is 14.5. The van der Waals surface area contributed by atoms with Crippen molar-refractivity contribution < 1.29 is 51.3 Å². The van der Waals surface area contributed by atoms with Gasteiger partial charge in [0.2, 0.25) is 0 Å². The van der Waals surface area contributed by atoms with Crippen molar-refractivity contribution in [3.05, 3.63) is 83.3 Å². The maximum Gasteiger partial charge on any atom is 0.459 e. The second-order valence-electron chi connectivity index (χ2n) is 12.6. The number of alkyl halides is 3. The van der Waals surface area contributed by atoms with Crippen molar-refractivity contribution in [3.8, 4) is 5.75 Å². The van der Waals surface area contributed by atoms with Crippen LogP contribution in [0.2, 0.25) is 5.02 Å². The summed E-state index contributed by atoms with van der Waals surface area (Å²) < 4.78 is 79.6. The number of carbonyl (C=O) groups excluding carboxylic acids is 1. The summed E-state index contributed by atoms with van der Waals surface area (Å²) in [6, 6.07) is 12.1. The number of halogens is 4. The van der Waals surface area contributed by atoms with Crippen LogP contribution in [0.4, 0.5) is 19.0 Å². The van der Waals surface area contributed by atoms with Crippen LogP contribution >= 0.6 is 19.3 Å². The van der Waals surface area contributed by atoms with Crippen LogP contribution in [0.15, 0.2) is 67.1 Å². The molecule has 1 aliphatic carbocycles. The summed E-state index contributed by atoms with van der Waals surface area (Å²) in [6.07, 6.45) is -5.19. The van der Waals surface area contributed by atoms with E-state index >= 15 is 0 Å². The van der Waals surface area contributed by atoms with Gasteiger partial charge in [-0.15, -0.1) is 0 Å². The zero-order valence-electron chi connectivity index (χ0n) is 27.3. The summed E-state index contributed by atoms with van der Waals surface area (Å²) in [6.45, 7) is 0.0478. The van der Waals surface area contributed by atoms with E-state index < -0.39 is 68.2 Å². The van der Waals surface area contributed by atoms with Gasteiger partial charge in [-0.05, 0) is 62.6 Å². The molecular formula is C32H35ClF3N6O8P. The van der Waals surface area contributed by atoms with Gasteiger partial charge in [-0.1, -0.05) is 29.8 Å². The topological polar surface area (TPSA) is 184 Å². The average Bonchev–Trinajstić information content (AvgIpc) is 3.58. The molecule has 2 aliphatic rings. The van der Waals surface area contributed by atoms with Crippen molar-refractivity contribution >= 4 is 42.2 Å². The van der Waals surface area contributed by atoms with Crippen molar-refractivity contribution in [2.45, 2.75) is 68.5 Å². The van der Waals surface area contributed by atoms with Crippen molar-refractivity contribution in [2.75, 3.05) is 18.7 Å². The first kappa shape index (κ1) is 37.0. The number of aliphatic hydroxyl groups excluding tert-OH is 1. The smallest absolute Gasteiger partial charge is 0.459 e. The summed E-state index contributed by atoms with van der Waals surface area (Å²) in [7, 11) is -2.99. The van der Waals surface area contributed by atoms with Crippen LogP contribution < -0.4 is 20.5 Å². The van der Waals surface area contributed by atoms with E-state index in [1.165, 1.54) is 65.3 Å². The Balaban J connectivity index is 1.23. The second-order valence-corrected chi connectivity index (χ2v) is 14.7. The number of nitrogens with zero attached hydrogens (tertiary/aromatic N) is 4. The number of ether oxygens (including phenoxy) is 2. The molecule has 4 aromatic rings. The van der Waals surface area contributed by atoms with Crippen LogP contribution in [0.25, 0.3) is 11.0 Å². The minimum Gasteiger partial charge on any atom is -0.459 e. The third-order valence-electron chi connectivity index (χ3n) is 8.91. The third kappa shape index (κ3) is 7.43. The summed E-state index contributed by atoms with van der Waals surface area (Å²) in [5.41, 5.74) is -4.43. The van der Waals surface area contributed by atoms with Crippen LogP contribution in [-0.4, -0.2) is 67.7 Å². The minimum atomic E-state index is -4.67. The molecule has 1 saturated heterocycles. The Hall–Kier alpha value is -3.80. The molecule has 0 spiro atoms. The number of fused-ring (bicyclic) bond motifs is 1. The van der Waals surface area contributed by atoms with Crippen molar-refractivity contribution in [1.29, 1.82) is 0 Å². The summed E-state index contributed by atoms with van der Waals surface area (Å²) in [4.78, 5) is 21.9. The van der Waals surface area contributed by atoms with E-state index in [4.69, 9.17) is 36.0 Å². The molecular weight excluding hydrogens is 720 g/mol. The molecule has 0 amide bonds. The Labute approximate surface area is 294 Å². The number of nitrogens with one attached hydrogen (secondary N) is 1. The predicted octanol–water partition coefficient (Wildman–Crippen LogP) is 4.88. The summed E-state index contributed by atoms with van der Waals surface area (Å²) in [5, 5.41) is 27.5. The lowest BCUT2D eigenvalue weighted by Crippen LogP contribution is -2.57. The molecule has 5 N–H and O–H groups in total. The molecule has 6 rings (SSSR count). The van der Waals surface area contributed by atoms with Crippen LogP contribution in [0.1, 0.15) is 43.5 Å². The normalized spacial score (nSPS) is 24.1. The van der Waals surface area contributed by atoms with Gasteiger partial charge in [-0.3, -0.25) is 14.3 Å². The first-order valence-corrected chi connectivity index (χ1v) is 17.6. The number of hydrogen-bond acceptors (Lipinski definition) is 12. The number of hydrogen-bond donors (Lipinski definition) is 4. The number of hydrazine groups is 1. The predicted molar refractivity (Wildman–Crippen MR) is 177 cm³/mol. The SMILES string of the molecule is CN(N)c1ncnc2c1ccn2C1OC(COP(=O)(NC2(C(=O)OCc3ccccc3C(F)(F)F)CCC2)Oc2ccc(Cl)cc2)[C@@H](O)[C@@]1(C)O. The van der Waals surface area contributed by atoms with Crippen molar-refractivity contribution in [3.63, 3.8) is 0 Å². The van der Waals surface area contributed by atoms with E-state index in [0.29, 0.717) is 28.3 Å². The highest BCUT2D eigenvalue weighted by atomic mass is 35.5. The zero-order valence-corrected chi connectivity index (χ0v) is 28.9. The number of esters is 1. The van der Waals surface area contributed by atoms with Gasteiger partial charge in [0.1, 0.15) is 47.7 Å². The first-order chi connectivity index (χ1) is 24.0. The van der Waals surface area contributed by atoms with Gasteiger partial charge in [-0.2, -0.15) is 18.3 Å². The van der Waals surface area contributed by atoms with Gasteiger partial charge in [0.25, 0.3) is 0 Å². The van der Waals surface area contributed by atoms with E-state index in [1.54, 1.807) is 19.3 Å². The average molecular weight is 755 g/mol. The number of rotatable bonds is 12. The first-order valence-electron chi connectivity index (χ1n) is 15.7. The third-order valence-corrected chi connectivity index (χ3v) is 10.8. The number of benzene rings is 2. The molecule has 14 nitrogen and oxygen atoms in total. The zero-order chi connectivity index (χ0) is 36.8. The fourth-order valence-corrected chi connectivity index (χ4v) is 7.92.